The Bertz CT molecular complexity index is 441. The lowest BCUT2D eigenvalue weighted by atomic mass is 10.0. The quantitative estimate of drug-likeness (QED) is 0.648. The number of ether oxygens (including phenoxy) is 1. The lowest BCUT2D eigenvalue weighted by molar-refractivity contribution is -0.313. The molecule has 1 atom stereocenters. The van der Waals surface area contributed by atoms with Crippen molar-refractivity contribution in [1.82, 2.24) is 0 Å². The van der Waals surface area contributed by atoms with Crippen LogP contribution in [0.1, 0.15) is 16.8 Å². The van der Waals surface area contributed by atoms with E-state index in [1.54, 1.807) is 0 Å². The Kier molecular flexibility index (Phi) is 2.15. The van der Waals surface area contributed by atoms with E-state index in [0.29, 0.717) is 0 Å². The Morgan fingerprint density at radius 2 is 2.27 bits per heavy atom. The zero-order chi connectivity index (χ0) is 11.0. The van der Waals surface area contributed by atoms with E-state index in [9.17, 15) is 19.1 Å². The van der Waals surface area contributed by atoms with Gasteiger partial charge in [-0.05, 0) is 18.2 Å². The molecule has 0 aromatic heterocycles. The van der Waals surface area contributed by atoms with E-state index in [2.05, 4.69) is 0 Å². The molecule has 0 N–H and O–H groups in total. The van der Waals surface area contributed by atoms with Crippen LogP contribution >= 0.6 is 0 Å². The first kappa shape index (κ1) is 9.64. The fourth-order valence-corrected chi connectivity index (χ4v) is 1.43. The van der Waals surface area contributed by atoms with E-state index in [1.807, 2.05) is 0 Å². The van der Waals surface area contributed by atoms with E-state index >= 15 is 0 Å². The Balaban J connectivity index is 2.41. The third kappa shape index (κ3) is 1.68. The van der Waals surface area contributed by atoms with Crippen molar-refractivity contribution in [3.05, 3.63) is 29.6 Å². The van der Waals surface area contributed by atoms with E-state index in [-0.39, 0.29) is 17.7 Å². The van der Waals surface area contributed by atoms with Gasteiger partial charge in [0.2, 0.25) is 0 Å². The molecule has 0 saturated carbocycles. The van der Waals surface area contributed by atoms with Crippen LogP contribution in [0.5, 0.6) is 5.75 Å². The smallest absolute Gasteiger partial charge is 0.170 e. The highest BCUT2D eigenvalue weighted by molar-refractivity contribution is 6.02. The molecule has 0 radical (unpaired) electrons. The van der Waals surface area contributed by atoms with Crippen molar-refractivity contribution >= 4 is 11.8 Å². The summed E-state index contributed by atoms with van der Waals surface area (Å²) in [5.41, 5.74) is 0.0764. The first-order chi connectivity index (χ1) is 7.08. The summed E-state index contributed by atoms with van der Waals surface area (Å²) in [5, 5.41) is 10.5. The van der Waals surface area contributed by atoms with Gasteiger partial charge in [0.05, 0.1) is 18.0 Å². The molecular formula is C10H6FO4-. The number of carboxylic acid groups (broad SMARTS) is 1. The standard InChI is InChI=1S/C10H7FO4/c11-5-1-2-8-6(3-5)7(12)4-9(15-8)10(13)14/h1-3,9H,4H2,(H,13,14)/p-1. The molecule has 0 aliphatic carbocycles. The van der Waals surface area contributed by atoms with Crippen LogP contribution in [-0.4, -0.2) is 17.9 Å². The highest BCUT2D eigenvalue weighted by Gasteiger charge is 2.27. The highest BCUT2D eigenvalue weighted by Crippen LogP contribution is 2.27. The van der Waals surface area contributed by atoms with Crippen LogP contribution in [0.3, 0.4) is 0 Å². The molecule has 1 aromatic rings. The molecule has 1 aliphatic heterocycles. The summed E-state index contributed by atoms with van der Waals surface area (Å²) in [4.78, 5) is 21.9. The number of rotatable bonds is 1. The van der Waals surface area contributed by atoms with Gasteiger partial charge < -0.3 is 14.6 Å². The molecule has 1 unspecified atom stereocenters. The molecule has 4 nitrogen and oxygen atoms in total. The molecule has 78 valence electrons. The van der Waals surface area contributed by atoms with Crippen LogP contribution in [0.2, 0.25) is 0 Å². The lowest BCUT2D eigenvalue weighted by Crippen LogP contribution is -2.43. The van der Waals surface area contributed by atoms with Gasteiger partial charge in [0.1, 0.15) is 17.7 Å². The maximum atomic E-state index is 12.8. The average molecular weight is 209 g/mol. The summed E-state index contributed by atoms with van der Waals surface area (Å²) < 4.78 is 17.8. The number of carboxylic acids is 1. The third-order valence-corrected chi connectivity index (χ3v) is 2.14. The maximum absolute atomic E-state index is 12.8. The molecule has 5 heteroatoms. The summed E-state index contributed by atoms with van der Waals surface area (Å²) in [5.74, 6) is -2.37. The zero-order valence-electron chi connectivity index (χ0n) is 7.53. The van der Waals surface area contributed by atoms with Gasteiger partial charge >= 0.3 is 0 Å². The highest BCUT2D eigenvalue weighted by atomic mass is 19.1. The average Bonchev–Trinajstić information content (AvgIpc) is 2.18. The number of aliphatic carboxylic acids is 1. The Labute approximate surface area is 84.3 Å². The van der Waals surface area contributed by atoms with Crippen LogP contribution in [0.25, 0.3) is 0 Å². The number of Topliss-reactive ketones (excluding diaryl/α,β-unsaturated/α-hetero) is 1. The van der Waals surface area contributed by atoms with Gasteiger partial charge in [-0.2, -0.15) is 0 Å². The van der Waals surface area contributed by atoms with E-state index in [4.69, 9.17) is 4.74 Å². The van der Waals surface area contributed by atoms with E-state index in [1.165, 1.54) is 6.07 Å². The summed E-state index contributed by atoms with van der Waals surface area (Å²) in [6.07, 6.45) is -1.60. The number of ketones is 1. The van der Waals surface area contributed by atoms with Crippen molar-refractivity contribution in [3.8, 4) is 5.75 Å². The fraction of sp³-hybridized carbons (Fsp3) is 0.200. The van der Waals surface area contributed by atoms with Crippen LogP contribution in [-0.2, 0) is 4.79 Å². The molecule has 0 bridgehead atoms. The largest absolute Gasteiger partial charge is 0.546 e. The number of hydrogen-bond acceptors (Lipinski definition) is 4. The van der Waals surface area contributed by atoms with Crippen LogP contribution in [0.15, 0.2) is 18.2 Å². The van der Waals surface area contributed by atoms with E-state index in [0.717, 1.165) is 12.1 Å². The number of hydrogen-bond donors (Lipinski definition) is 0. The van der Waals surface area contributed by atoms with Gasteiger partial charge in [-0.15, -0.1) is 0 Å². The summed E-state index contributed by atoms with van der Waals surface area (Å²) in [6, 6.07) is 3.37. The minimum atomic E-state index is -1.45. The van der Waals surface area contributed by atoms with Crippen LogP contribution < -0.4 is 9.84 Å². The second-order valence-electron chi connectivity index (χ2n) is 3.19. The second-order valence-corrected chi connectivity index (χ2v) is 3.19. The maximum Gasteiger partial charge on any atom is 0.170 e. The van der Waals surface area contributed by atoms with Gasteiger partial charge in [-0.25, -0.2) is 4.39 Å². The zero-order valence-corrected chi connectivity index (χ0v) is 7.53. The van der Waals surface area contributed by atoms with Gasteiger partial charge in [0, 0.05) is 0 Å². The minimum Gasteiger partial charge on any atom is -0.546 e. The SMILES string of the molecule is O=C1CC(C(=O)[O-])Oc2ccc(F)cc21. The molecule has 1 heterocycles. The fourth-order valence-electron chi connectivity index (χ4n) is 1.43. The summed E-state index contributed by atoms with van der Waals surface area (Å²) in [7, 11) is 0. The predicted molar refractivity (Wildman–Crippen MR) is 44.8 cm³/mol. The summed E-state index contributed by atoms with van der Waals surface area (Å²) in [6.45, 7) is 0. The van der Waals surface area contributed by atoms with Crippen molar-refractivity contribution in [2.24, 2.45) is 0 Å². The van der Waals surface area contributed by atoms with Crippen LogP contribution in [0, 0.1) is 5.82 Å². The molecule has 15 heavy (non-hydrogen) atoms. The number of benzene rings is 1. The third-order valence-electron chi connectivity index (χ3n) is 2.14. The monoisotopic (exact) mass is 209 g/mol. The molecule has 0 fully saturated rings. The Morgan fingerprint density at radius 1 is 1.53 bits per heavy atom. The van der Waals surface area contributed by atoms with Crippen molar-refractivity contribution in [3.63, 3.8) is 0 Å². The van der Waals surface area contributed by atoms with Gasteiger partial charge in [-0.1, -0.05) is 0 Å². The van der Waals surface area contributed by atoms with Gasteiger partial charge in [0.15, 0.2) is 5.78 Å². The summed E-state index contributed by atoms with van der Waals surface area (Å²) >= 11 is 0. The van der Waals surface area contributed by atoms with Crippen molar-refractivity contribution in [1.29, 1.82) is 0 Å². The number of fused-ring (bicyclic) bond motifs is 1. The second kappa shape index (κ2) is 3.34. The number of carbonyl (C=O) groups is 2. The first-order valence-electron chi connectivity index (χ1n) is 4.28. The molecule has 2 rings (SSSR count). The number of halogens is 1. The Hall–Kier alpha value is -1.91. The van der Waals surface area contributed by atoms with Crippen molar-refractivity contribution in [2.45, 2.75) is 12.5 Å². The number of carbonyl (C=O) groups excluding carboxylic acids is 2. The molecule has 0 amide bonds. The van der Waals surface area contributed by atoms with E-state index < -0.39 is 23.7 Å². The Morgan fingerprint density at radius 3 is 2.93 bits per heavy atom. The molecule has 0 spiro atoms. The minimum absolute atomic E-state index is 0.0764. The molecule has 0 saturated heterocycles. The predicted octanol–water partition coefficient (Wildman–Crippen LogP) is -0.0906. The normalized spacial score (nSPS) is 19.3. The molecule has 1 aromatic carbocycles. The molecular weight excluding hydrogens is 203 g/mol. The van der Waals surface area contributed by atoms with Gasteiger partial charge in [-0.3, -0.25) is 4.79 Å². The van der Waals surface area contributed by atoms with Crippen molar-refractivity contribution in [2.75, 3.05) is 0 Å². The lowest BCUT2D eigenvalue weighted by Gasteiger charge is -2.25. The first-order valence-corrected chi connectivity index (χ1v) is 4.28. The topological polar surface area (TPSA) is 66.4 Å². The van der Waals surface area contributed by atoms with Gasteiger partial charge in [0.25, 0.3) is 0 Å². The van der Waals surface area contributed by atoms with Crippen molar-refractivity contribution < 1.29 is 23.8 Å². The van der Waals surface area contributed by atoms with Crippen LogP contribution in [0.4, 0.5) is 4.39 Å². The molecule has 1 aliphatic rings.